The Morgan fingerprint density at radius 1 is 1.30 bits per heavy atom. The van der Waals surface area contributed by atoms with Gasteiger partial charge in [-0.2, -0.15) is 0 Å². The number of amides is 1. The standard InChI is InChI=1S/C20H17ClN6O3/c1-29-9-7-16(28)25-15-10-12(6-8-22-15)20-26-17(19-23-11-24-27-19)18(30-20)13-4-2-3-5-14(13)21/h2-6,8,10-11H,7,9H2,1H3,(H,22,25,28)(H,23,24,27). The van der Waals surface area contributed by atoms with Crippen LogP contribution in [0.4, 0.5) is 5.82 Å². The molecule has 30 heavy (non-hydrogen) atoms. The van der Waals surface area contributed by atoms with E-state index in [1.165, 1.54) is 13.4 Å². The smallest absolute Gasteiger partial charge is 0.227 e. The van der Waals surface area contributed by atoms with Gasteiger partial charge in [-0.1, -0.05) is 23.7 Å². The summed E-state index contributed by atoms with van der Waals surface area (Å²) in [6.45, 7) is 0.326. The van der Waals surface area contributed by atoms with Gasteiger partial charge in [0.25, 0.3) is 0 Å². The van der Waals surface area contributed by atoms with Crippen LogP contribution in [0.1, 0.15) is 6.42 Å². The summed E-state index contributed by atoms with van der Waals surface area (Å²) in [5.41, 5.74) is 1.77. The van der Waals surface area contributed by atoms with Crippen molar-refractivity contribution >= 4 is 23.3 Å². The number of aromatic amines is 1. The largest absolute Gasteiger partial charge is 0.435 e. The number of carbonyl (C=O) groups is 1. The minimum atomic E-state index is -0.201. The summed E-state index contributed by atoms with van der Waals surface area (Å²) in [4.78, 5) is 23.7. The molecule has 0 aliphatic rings. The number of ether oxygens (including phenoxy) is 1. The molecule has 3 aromatic heterocycles. The van der Waals surface area contributed by atoms with Crippen molar-refractivity contribution in [2.24, 2.45) is 0 Å². The highest BCUT2D eigenvalue weighted by atomic mass is 35.5. The van der Waals surface area contributed by atoms with Crippen LogP contribution in [0, 0.1) is 0 Å². The Morgan fingerprint density at radius 3 is 2.93 bits per heavy atom. The van der Waals surface area contributed by atoms with Gasteiger partial charge in [-0.05, 0) is 24.3 Å². The van der Waals surface area contributed by atoms with Crippen molar-refractivity contribution in [3.05, 3.63) is 53.9 Å². The SMILES string of the molecule is COCCC(=O)Nc1cc(-c2nc(-c3nnc[nH]3)c(-c3ccccc3Cl)o2)ccn1. The van der Waals surface area contributed by atoms with Gasteiger partial charge in [0.1, 0.15) is 12.1 Å². The van der Waals surface area contributed by atoms with Crippen molar-refractivity contribution in [2.75, 3.05) is 19.0 Å². The number of halogens is 1. The summed E-state index contributed by atoms with van der Waals surface area (Å²) in [5.74, 6) is 1.41. The fourth-order valence-electron chi connectivity index (χ4n) is 2.79. The summed E-state index contributed by atoms with van der Waals surface area (Å²) >= 11 is 6.37. The van der Waals surface area contributed by atoms with Gasteiger partial charge < -0.3 is 19.5 Å². The molecule has 152 valence electrons. The van der Waals surface area contributed by atoms with E-state index >= 15 is 0 Å². The fourth-order valence-corrected chi connectivity index (χ4v) is 3.01. The van der Waals surface area contributed by atoms with E-state index in [0.29, 0.717) is 51.7 Å². The zero-order valence-electron chi connectivity index (χ0n) is 15.9. The summed E-state index contributed by atoms with van der Waals surface area (Å²) in [6.07, 6.45) is 3.25. The average molecular weight is 425 g/mol. The molecule has 0 radical (unpaired) electrons. The maximum absolute atomic E-state index is 12.0. The number of methoxy groups -OCH3 is 1. The van der Waals surface area contributed by atoms with E-state index in [-0.39, 0.29) is 12.3 Å². The van der Waals surface area contributed by atoms with Gasteiger partial charge in [0.2, 0.25) is 11.8 Å². The number of aromatic nitrogens is 5. The lowest BCUT2D eigenvalue weighted by atomic mass is 10.1. The highest BCUT2D eigenvalue weighted by Crippen LogP contribution is 2.37. The lowest BCUT2D eigenvalue weighted by Gasteiger charge is -2.05. The van der Waals surface area contributed by atoms with Crippen molar-refractivity contribution < 1.29 is 13.9 Å². The van der Waals surface area contributed by atoms with Gasteiger partial charge in [-0.3, -0.25) is 4.79 Å². The summed E-state index contributed by atoms with van der Waals surface area (Å²) in [7, 11) is 1.54. The molecule has 0 aliphatic heterocycles. The number of nitrogens with one attached hydrogen (secondary N) is 2. The third kappa shape index (κ3) is 4.22. The summed E-state index contributed by atoms with van der Waals surface area (Å²) in [5, 5.41) is 11.1. The Morgan fingerprint density at radius 2 is 2.17 bits per heavy atom. The molecule has 0 aliphatic carbocycles. The number of oxazole rings is 1. The van der Waals surface area contributed by atoms with Gasteiger partial charge >= 0.3 is 0 Å². The number of carbonyl (C=O) groups excluding carboxylic acids is 1. The van der Waals surface area contributed by atoms with Gasteiger partial charge in [-0.25, -0.2) is 9.97 Å². The highest BCUT2D eigenvalue weighted by Gasteiger charge is 2.22. The summed E-state index contributed by atoms with van der Waals surface area (Å²) in [6, 6.07) is 10.7. The molecule has 0 atom stereocenters. The van der Waals surface area contributed by atoms with Crippen LogP contribution in [-0.4, -0.2) is 44.8 Å². The van der Waals surface area contributed by atoms with Crippen molar-refractivity contribution in [3.8, 4) is 34.3 Å². The topological polar surface area (TPSA) is 119 Å². The number of rotatable bonds is 7. The number of anilines is 1. The molecule has 1 aromatic carbocycles. The number of benzene rings is 1. The van der Waals surface area contributed by atoms with Crippen LogP contribution in [-0.2, 0) is 9.53 Å². The van der Waals surface area contributed by atoms with Crippen LogP contribution in [0.25, 0.3) is 34.3 Å². The average Bonchev–Trinajstić information content (AvgIpc) is 3.43. The maximum Gasteiger partial charge on any atom is 0.227 e. The number of hydrogen-bond acceptors (Lipinski definition) is 7. The molecule has 0 spiro atoms. The zero-order chi connectivity index (χ0) is 20.9. The first-order chi connectivity index (χ1) is 14.7. The third-order valence-corrected chi connectivity index (χ3v) is 4.52. The number of H-pyrrole nitrogens is 1. The van der Waals surface area contributed by atoms with Crippen molar-refractivity contribution in [2.45, 2.75) is 6.42 Å². The molecule has 0 saturated heterocycles. The van der Waals surface area contributed by atoms with Crippen LogP contribution in [0.5, 0.6) is 0 Å². The molecule has 0 fully saturated rings. The monoisotopic (exact) mass is 424 g/mol. The molecule has 10 heteroatoms. The number of pyridine rings is 1. The molecule has 0 unspecified atom stereocenters. The second kappa shape index (κ2) is 8.85. The molecule has 3 heterocycles. The first-order valence-corrected chi connectivity index (χ1v) is 9.41. The van der Waals surface area contributed by atoms with Gasteiger partial charge in [-0.15, -0.1) is 10.2 Å². The predicted octanol–water partition coefficient (Wildman–Crippen LogP) is 3.82. The minimum absolute atomic E-state index is 0.201. The maximum atomic E-state index is 12.0. The van der Waals surface area contributed by atoms with Crippen LogP contribution >= 0.6 is 11.6 Å². The molecule has 9 nitrogen and oxygen atoms in total. The first-order valence-electron chi connectivity index (χ1n) is 9.03. The van der Waals surface area contributed by atoms with Gasteiger partial charge in [0.05, 0.1) is 18.1 Å². The quantitative estimate of drug-likeness (QED) is 0.462. The Kier molecular flexibility index (Phi) is 5.82. The number of nitrogens with zero attached hydrogens (tertiary/aromatic N) is 4. The first kappa shape index (κ1) is 19.7. The fraction of sp³-hybridized carbons (Fsp3) is 0.150. The molecule has 1 amide bonds. The van der Waals surface area contributed by atoms with Crippen molar-refractivity contribution in [1.29, 1.82) is 0 Å². The third-order valence-electron chi connectivity index (χ3n) is 4.19. The Bertz CT molecular complexity index is 1160. The Hall–Kier alpha value is -3.56. The second-order valence-electron chi connectivity index (χ2n) is 6.23. The molecular formula is C20H17ClN6O3. The lowest BCUT2D eigenvalue weighted by molar-refractivity contribution is -0.117. The van der Waals surface area contributed by atoms with E-state index in [9.17, 15) is 4.79 Å². The van der Waals surface area contributed by atoms with Crippen molar-refractivity contribution in [3.63, 3.8) is 0 Å². The zero-order valence-corrected chi connectivity index (χ0v) is 16.7. The molecule has 2 N–H and O–H groups in total. The summed E-state index contributed by atoms with van der Waals surface area (Å²) < 4.78 is 11.0. The molecular weight excluding hydrogens is 408 g/mol. The van der Waals surface area contributed by atoms with E-state index < -0.39 is 0 Å². The Balaban J connectivity index is 1.72. The van der Waals surface area contributed by atoms with Crippen LogP contribution in [0.15, 0.2) is 53.3 Å². The molecule has 4 rings (SSSR count). The van der Waals surface area contributed by atoms with E-state index in [2.05, 4.69) is 30.5 Å². The number of hydrogen-bond donors (Lipinski definition) is 2. The predicted molar refractivity (Wildman–Crippen MR) is 111 cm³/mol. The van der Waals surface area contributed by atoms with Gasteiger partial charge in [0, 0.05) is 24.4 Å². The van der Waals surface area contributed by atoms with Crippen LogP contribution in [0.2, 0.25) is 5.02 Å². The van der Waals surface area contributed by atoms with E-state index in [1.54, 1.807) is 24.4 Å². The lowest BCUT2D eigenvalue weighted by Crippen LogP contribution is -2.14. The minimum Gasteiger partial charge on any atom is -0.435 e. The van der Waals surface area contributed by atoms with E-state index in [1.807, 2.05) is 18.2 Å². The van der Waals surface area contributed by atoms with Gasteiger partial charge in [0.15, 0.2) is 17.3 Å². The molecule has 0 bridgehead atoms. The van der Waals surface area contributed by atoms with E-state index in [0.717, 1.165) is 0 Å². The normalized spacial score (nSPS) is 10.9. The van der Waals surface area contributed by atoms with Crippen LogP contribution < -0.4 is 5.32 Å². The molecule has 4 aromatic rings. The van der Waals surface area contributed by atoms with Crippen molar-refractivity contribution in [1.82, 2.24) is 25.1 Å². The van der Waals surface area contributed by atoms with Crippen LogP contribution in [0.3, 0.4) is 0 Å². The van der Waals surface area contributed by atoms with E-state index in [4.69, 9.17) is 20.8 Å². The second-order valence-corrected chi connectivity index (χ2v) is 6.64. The highest BCUT2D eigenvalue weighted by molar-refractivity contribution is 6.33. The Labute approximate surface area is 176 Å². The molecule has 0 saturated carbocycles.